The molecule has 0 spiro atoms. The molecule has 0 aliphatic rings. The molecule has 0 aliphatic carbocycles. The number of pyridine rings is 1. The molecular weight excluding hydrogens is 439 g/mol. The van der Waals surface area contributed by atoms with Crippen LogP contribution < -0.4 is 4.90 Å². The Balaban J connectivity index is 1.89. The van der Waals surface area contributed by atoms with Crippen LogP contribution in [0.5, 0.6) is 0 Å². The standard InChI is InChI=1S/C26H20Cl2N4/c1-31(2)25-22-16-29-32(21-6-4-3-5-7-21)26(22)30-24(18-10-14-20(28)15-11-18)23(25)17-8-12-19(27)13-9-17/h3-16H,1-2H3. The number of halogens is 2. The molecule has 0 saturated heterocycles. The van der Waals surface area contributed by atoms with Gasteiger partial charge in [0.15, 0.2) is 5.65 Å². The lowest BCUT2D eigenvalue weighted by Gasteiger charge is -2.22. The van der Waals surface area contributed by atoms with E-state index >= 15 is 0 Å². The van der Waals surface area contributed by atoms with E-state index in [0.29, 0.717) is 10.0 Å². The van der Waals surface area contributed by atoms with Crippen LogP contribution in [0.3, 0.4) is 0 Å². The van der Waals surface area contributed by atoms with Crippen molar-refractivity contribution < 1.29 is 0 Å². The molecule has 0 saturated carbocycles. The smallest absolute Gasteiger partial charge is 0.165 e. The fourth-order valence-electron chi connectivity index (χ4n) is 3.95. The number of fused-ring (bicyclic) bond motifs is 1. The van der Waals surface area contributed by atoms with Crippen molar-refractivity contribution in [2.75, 3.05) is 19.0 Å². The summed E-state index contributed by atoms with van der Waals surface area (Å²) in [4.78, 5) is 7.27. The van der Waals surface area contributed by atoms with Crippen molar-refractivity contribution in [2.45, 2.75) is 0 Å². The van der Waals surface area contributed by atoms with E-state index in [1.54, 1.807) is 0 Å². The van der Waals surface area contributed by atoms with E-state index in [4.69, 9.17) is 33.3 Å². The molecule has 2 heterocycles. The Kier molecular flexibility index (Phi) is 5.33. The predicted octanol–water partition coefficient (Wildman–Crippen LogP) is 7.13. The van der Waals surface area contributed by atoms with Gasteiger partial charge in [-0.1, -0.05) is 65.7 Å². The molecule has 6 heteroatoms. The molecule has 0 bridgehead atoms. The highest BCUT2D eigenvalue weighted by molar-refractivity contribution is 6.31. The highest BCUT2D eigenvalue weighted by atomic mass is 35.5. The van der Waals surface area contributed by atoms with Gasteiger partial charge >= 0.3 is 0 Å². The number of rotatable bonds is 4. The predicted molar refractivity (Wildman–Crippen MR) is 134 cm³/mol. The molecule has 158 valence electrons. The minimum atomic E-state index is 0.685. The molecule has 4 nitrogen and oxygen atoms in total. The van der Waals surface area contributed by atoms with E-state index in [2.05, 4.69) is 4.90 Å². The number of hydrogen-bond donors (Lipinski definition) is 0. The van der Waals surface area contributed by atoms with E-state index < -0.39 is 0 Å². The van der Waals surface area contributed by atoms with E-state index in [1.807, 2.05) is 104 Å². The van der Waals surface area contributed by atoms with Crippen LogP contribution in [0.15, 0.2) is 85.1 Å². The summed E-state index contributed by atoms with van der Waals surface area (Å²) in [6, 6.07) is 25.7. The lowest BCUT2D eigenvalue weighted by atomic mass is 9.96. The second kappa shape index (κ2) is 8.30. The van der Waals surface area contributed by atoms with Crippen LogP contribution in [0, 0.1) is 0 Å². The fourth-order valence-corrected chi connectivity index (χ4v) is 4.21. The average molecular weight is 459 g/mol. The van der Waals surface area contributed by atoms with E-state index in [1.165, 1.54) is 0 Å². The van der Waals surface area contributed by atoms with Crippen LogP contribution in [-0.2, 0) is 0 Å². The second-order valence-corrected chi connectivity index (χ2v) is 8.59. The zero-order chi connectivity index (χ0) is 22.2. The molecule has 0 N–H and O–H groups in total. The summed E-state index contributed by atoms with van der Waals surface area (Å²) >= 11 is 12.4. The molecule has 0 aliphatic heterocycles. The van der Waals surface area contributed by atoms with E-state index in [-0.39, 0.29) is 0 Å². The average Bonchev–Trinajstić information content (AvgIpc) is 3.23. The molecule has 32 heavy (non-hydrogen) atoms. The van der Waals surface area contributed by atoms with Gasteiger partial charge in [-0.2, -0.15) is 5.10 Å². The van der Waals surface area contributed by atoms with Crippen LogP contribution in [0.2, 0.25) is 10.0 Å². The van der Waals surface area contributed by atoms with Crippen LogP contribution >= 0.6 is 23.2 Å². The number of anilines is 1. The molecule has 0 fully saturated rings. The van der Waals surface area contributed by atoms with Crippen molar-refractivity contribution in [2.24, 2.45) is 0 Å². The van der Waals surface area contributed by atoms with Gasteiger partial charge < -0.3 is 4.90 Å². The largest absolute Gasteiger partial charge is 0.376 e. The highest BCUT2D eigenvalue weighted by Crippen LogP contribution is 2.43. The van der Waals surface area contributed by atoms with Gasteiger partial charge in [0.25, 0.3) is 0 Å². The maximum Gasteiger partial charge on any atom is 0.165 e. The van der Waals surface area contributed by atoms with Crippen molar-refractivity contribution in [3.05, 3.63) is 95.1 Å². The minimum absolute atomic E-state index is 0.685. The zero-order valence-electron chi connectivity index (χ0n) is 17.6. The first kappa shape index (κ1) is 20.6. The van der Waals surface area contributed by atoms with Crippen LogP contribution in [0.4, 0.5) is 5.69 Å². The Labute approximate surface area is 196 Å². The number of benzene rings is 3. The normalized spacial score (nSPS) is 11.1. The van der Waals surface area contributed by atoms with Crippen LogP contribution in [0.25, 0.3) is 39.1 Å². The first-order chi connectivity index (χ1) is 15.5. The van der Waals surface area contributed by atoms with Gasteiger partial charge in [-0.25, -0.2) is 9.67 Å². The van der Waals surface area contributed by atoms with Crippen molar-refractivity contribution in [3.8, 4) is 28.1 Å². The van der Waals surface area contributed by atoms with Gasteiger partial charge in [-0.3, -0.25) is 0 Å². The fraction of sp³-hybridized carbons (Fsp3) is 0.0769. The van der Waals surface area contributed by atoms with Gasteiger partial charge in [-0.15, -0.1) is 0 Å². The third-order valence-electron chi connectivity index (χ3n) is 5.39. The summed E-state index contributed by atoms with van der Waals surface area (Å²) in [5.74, 6) is 0. The summed E-state index contributed by atoms with van der Waals surface area (Å²) in [6.45, 7) is 0. The number of aromatic nitrogens is 3. The van der Waals surface area contributed by atoms with Crippen LogP contribution in [-0.4, -0.2) is 28.9 Å². The highest BCUT2D eigenvalue weighted by Gasteiger charge is 2.22. The third-order valence-corrected chi connectivity index (χ3v) is 5.89. The van der Waals surface area contributed by atoms with Gasteiger partial charge in [0.05, 0.1) is 28.7 Å². The monoisotopic (exact) mass is 458 g/mol. The third kappa shape index (κ3) is 3.62. The lowest BCUT2D eigenvalue weighted by molar-refractivity contribution is 0.897. The molecule has 5 rings (SSSR count). The van der Waals surface area contributed by atoms with Crippen molar-refractivity contribution in [1.82, 2.24) is 14.8 Å². The first-order valence-electron chi connectivity index (χ1n) is 10.2. The molecule has 3 aromatic carbocycles. The molecule has 0 radical (unpaired) electrons. The quantitative estimate of drug-likeness (QED) is 0.287. The van der Waals surface area contributed by atoms with E-state index in [9.17, 15) is 0 Å². The Morgan fingerprint density at radius 1 is 0.750 bits per heavy atom. The maximum absolute atomic E-state index is 6.19. The Morgan fingerprint density at radius 2 is 1.34 bits per heavy atom. The van der Waals surface area contributed by atoms with Crippen molar-refractivity contribution in [3.63, 3.8) is 0 Å². The number of hydrogen-bond acceptors (Lipinski definition) is 3. The first-order valence-corrected chi connectivity index (χ1v) is 10.9. The van der Waals surface area contributed by atoms with Crippen LogP contribution in [0.1, 0.15) is 0 Å². The zero-order valence-corrected chi connectivity index (χ0v) is 19.1. The number of para-hydroxylation sites is 1. The molecule has 0 unspecified atom stereocenters. The summed E-state index contributed by atoms with van der Waals surface area (Å²) < 4.78 is 1.88. The van der Waals surface area contributed by atoms with Crippen molar-refractivity contribution >= 4 is 39.9 Å². The molecule has 2 aromatic heterocycles. The SMILES string of the molecule is CN(C)c1c(-c2ccc(Cl)cc2)c(-c2ccc(Cl)cc2)nc2c1cnn2-c1ccccc1. The summed E-state index contributed by atoms with van der Waals surface area (Å²) in [7, 11) is 4.08. The Bertz CT molecular complexity index is 1390. The summed E-state index contributed by atoms with van der Waals surface area (Å²) in [6.07, 6.45) is 1.88. The topological polar surface area (TPSA) is 34.0 Å². The van der Waals surface area contributed by atoms with E-state index in [0.717, 1.165) is 44.8 Å². The molecule has 0 amide bonds. The molecule has 5 aromatic rings. The van der Waals surface area contributed by atoms with Gasteiger partial charge in [0.2, 0.25) is 0 Å². The van der Waals surface area contributed by atoms with Gasteiger partial charge in [0, 0.05) is 35.3 Å². The van der Waals surface area contributed by atoms with Gasteiger partial charge in [-0.05, 0) is 42.0 Å². The maximum atomic E-state index is 6.19. The lowest BCUT2D eigenvalue weighted by Crippen LogP contribution is -2.12. The number of nitrogens with zero attached hydrogens (tertiary/aromatic N) is 4. The molecule has 0 atom stereocenters. The summed E-state index contributed by atoms with van der Waals surface area (Å²) in [5.41, 5.74) is 6.69. The Hall–Kier alpha value is -3.34. The minimum Gasteiger partial charge on any atom is -0.376 e. The molecular formula is C26H20Cl2N4. The van der Waals surface area contributed by atoms with Crippen molar-refractivity contribution in [1.29, 1.82) is 0 Å². The Morgan fingerprint density at radius 3 is 1.94 bits per heavy atom. The second-order valence-electron chi connectivity index (χ2n) is 7.72. The van der Waals surface area contributed by atoms with Gasteiger partial charge in [0.1, 0.15) is 0 Å². The summed E-state index contributed by atoms with van der Waals surface area (Å²) in [5, 5.41) is 7.04.